The van der Waals surface area contributed by atoms with Crippen LogP contribution in [-0.4, -0.2) is 46.4 Å². The third kappa shape index (κ3) is 6.57. The molecule has 9 nitrogen and oxygen atoms in total. The first-order valence-electron chi connectivity index (χ1n) is 13.7. The van der Waals surface area contributed by atoms with Crippen LogP contribution in [-0.2, 0) is 28.8 Å². The number of carbonyl (C=O) groups excluding carboxylic acids is 1. The lowest BCUT2D eigenvalue weighted by Gasteiger charge is -2.37. The number of fused-ring (bicyclic) bond motifs is 1. The summed E-state index contributed by atoms with van der Waals surface area (Å²) in [6, 6.07) is 20.6. The molecule has 1 atom stereocenters. The number of nitrogens with zero attached hydrogens (tertiary/aromatic N) is 5. The summed E-state index contributed by atoms with van der Waals surface area (Å²) >= 11 is 0. The smallest absolute Gasteiger partial charge is 0.416 e. The third-order valence-electron chi connectivity index (χ3n) is 7.60. The van der Waals surface area contributed by atoms with Gasteiger partial charge in [0.1, 0.15) is 19.1 Å². The number of aromatic nitrogens is 3. The van der Waals surface area contributed by atoms with Gasteiger partial charge in [-0.15, -0.1) is 5.10 Å². The molecule has 0 spiro atoms. The van der Waals surface area contributed by atoms with E-state index in [-0.39, 0.29) is 39.9 Å². The van der Waals surface area contributed by atoms with Gasteiger partial charge in [0.25, 0.3) is 0 Å². The minimum Gasteiger partial charge on any atom is -1.00 e. The van der Waals surface area contributed by atoms with Gasteiger partial charge < -0.3 is 26.2 Å². The van der Waals surface area contributed by atoms with Crippen molar-refractivity contribution in [1.82, 2.24) is 14.8 Å². The highest BCUT2D eigenvalue weighted by Crippen LogP contribution is 2.44. The van der Waals surface area contributed by atoms with Crippen molar-refractivity contribution in [2.75, 3.05) is 26.1 Å². The van der Waals surface area contributed by atoms with Crippen molar-refractivity contribution in [1.29, 1.82) is 5.26 Å². The second-order valence-corrected chi connectivity index (χ2v) is 11.2. The maximum absolute atomic E-state index is 13.6. The molecule has 45 heavy (non-hydrogen) atoms. The lowest BCUT2D eigenvalue weighted by Crippen LogP contribution is -3.00. The predicted molar refractivity (Wildman–Crippen MR) is 156 cm³/mol. The van der Waals surface area contributed by atoms with Crippen molar-refractivity contribution in [2.45, 2.75) is 32.2 Å². The van der Waals surface area contributed by atoms with Crippen molar-refractivity contribution in [3.8, 4) is 6.07 Å². The first kappa shape index (κ1) is 33.2. The van der Waals surface area contributed by atoms with E-state index < -0.39 is 29.4 Å². The van der Waals surface area contributed by atoms with E-state index >= 15 is 0 Å². The van der Waals surface area contributed by atoms with Gasteiger partial charge in [-0.1, -0.05) is 42.5 Å². The number of hydrogen-bond acceptors (Lipinski definition) is 6. The number of aromatic amines is 1. The minimum atomic E-state index is -4.62. The summed E-state index contributed by atoms with van der Waals surface area (Å²) in [7, 11) is 5.26. The number of methoxy groups -OCH3 is 1. The first-order chi connectivity index (χ1) is 20.8. The van der Waals surface area contributed by atoms with Gasteiger partial charge in [0.2, 0.25) is 5.95 Å². The molecule has 1 N–H and O–H groups in total. The van der Waals surface area contributed by atoms with E-state index in [0.717, 1.165) is 17.7 Å². The van der Waals surface area contributed by atoms with Crippen molar-refractivity contribution >= 4 is 17.6 Å². The molecule has 13 heteroatoms. The lowest BCUT2D eigenvalue weighted by atomic mass is 9.89. The Bertz CT molecular complexity index is 1860. The lowest BCUT2D eigenvalue weighted by molar-refractivity contribution is -0.916. The highest BCUT2D eigenvalue weighted by atomic mass is 79.9. The third-order valence-corrected chi connectivity index (χ3v) is 7.60. The Morgan fingerprint density at radius 1 is 1.07 bits per heavy atom. The number of benzene rings is 3. The number of hydrogen-bond donors (Lipinski definition) is 1. The van der Waals surface area contributed by atoms with Crippen LogP contribution in [0.4, 0.5) is 24.8 Å². The summed E-state index contributed by atoms with van der Waals surface area (Å²) in [6.07, 6.45) is -4.62. The molecule has 0 aliphatic carbocycles. The van der Waals surface area contributed by atoms with E-state index in [1.165, 1.54) is 28.7 Å². The molecule has 1 aromatic heterocycles. The predicted octanol–water partition coefficient (Wildman–Crippen LogP) is 2.43. The number of anilines is 2. The molecule has 234 valence electrons. The second-order valence-electron chi connectivity index (χ2n) is 11.2. The molecular weight excluding hydrogens is 653 g/mol. The minimum absolute atomic E-state index is 0. The first-order valence-corrected chi connectivity index (χ1v) is 13.7. The number of halogens is 4. The number of H-pyrrole nitrogens is 1. The van der Waals surface area contributed by atoms with Crippen LogP contribution in [0.25, 0.3) is 0 Å². The molecular formula is C32H30BrF3N6O3. The van der Waals surface area contributed by atoms with E-state index in [4.69, 9.17) is 4.74 Å². The number of nitriles is 1. The van der Waals surface area contributed by atoms with Crippen LogP contribution in [0.3, 0.4) is 0 Å². The quantitative estimate of drug-likeness (QED) is 0.237. The molecule has 1 aliphatic rings. The fourth-order valence-corrected chi connectivity index (χ4v) is 5.75. The molecule has 3 aromatic carbocycles. The van der Waals surface area contributed by atoms with Crippen LogP contribution in [0.5, 0.6) is 0 Å². The van der Waals surface area contributed by atoms with E-state index in [9.17, 15) is 28.0 Å². The fourth-order valence-electron chi connectivity index (χ4n) is 5.75. The number of ether oxygens (including phenoxy) is 1. The zero-order valence-electron chi connectivity index (χ0n) is 24.9. The van der Waals surface area contributed by atoms with Crippen LogP contribution in [0, 0.1) is 11.3 Å². The number of allylic oxidation sites excluding steroid dienone is 1. The Labute approximate surface area is 268 Å². The summed E-state index contributed by atoms with van der Waals surface area (Å²) in [5.74, 6) is -0.769. The van der Waals surface area contributed by atoms with Crippen LogP contribution < -0.4 is 27.6 Å². The van der Waals surface area contributed by atoms with Crippen molar-refractivity contribution in [3.05, 3.63) is 122 Å². The highest BCUT2D eigenvalue weighted by molar-refractivity contribution is 5.93. The molecule has 5 rings (SSSR count). The van der Waals surface area contributed by atoms with Gasteiger partial charge in [0.05, 0.1) is 44.0 Å². The van der Waals surface area contributed by atoms with Crippen molar-refractivity contribution in [3.63, 3.8) is 0 Å². The Balaban J connectivity index is 0.00000461. The number of rotatable bonds is 7. The fraction of sp³-hybridized carbons (Fsp3) is 0.250. The second kappa shape index (κ2) is 12.7. The average Bonchev–Trinajstić information content (AvgIpc) is 3.36. The number of alkyl halides is 3. The number of esters is 1. The van der Waals surface area contributed by atoms with Crippen molar-refractivity contribution in [2.24, 2.45) is 0 Å². The zero-order valence-corrected chi connectivity index (χ0v) is 26.5. The van der Waals surface area contributed by atoms with Gasteiger partial charge in [-0.3, -0.25) is 4.90 Å². The molecule has 4 aromatic rings. The zero-order chi connectivity index (χ0) is 31.8. The maximum Gasteiger partial charge on any atom is 0.416 e. The summed E-state index contributed by atoms with van der Waals surface area (Å²) in [5, 5.41) is 16.3. The van der Waals surface area contributed by atoms with Gasteiger partial charge in [-0.2, -0.15) is 18.4 Å². The van der Waals surface area contributed by atoms with Gasteiger partial charge in [0, 0.05) is 22.5 Å². The molecule has 0 saturated heterocycles. The molecule has 0 radical (unpaired) electrons. The maximum atomic E-state index is 13.6. The van der Waals surface area contributed by atoms with Crippen LogP contribution >= 0.6 is 0 Å². The van der Waals surface area contributed by atoms with Crippen molar-refractivity contribution < 1.29 is 44.2 Å². The van der Waals surface area contributed by atoms with Gasteiger partial charge in [-0.25, -0.2) is 19.3 Å². The molecule has 1 aliphatic heterocycles. The molecule has 0 fully saturated rings. The highest BCUT2D eigenvalue weighted by Gasteiger charge is 2.41. The number of nitrogens with one attached hydrogen (secondary N) is 1. The summed E-state index contributed by atoms with van der Waals surface area (Å²) in [4.78, 5) is 28.2. The van der Waals surface area contributed by atoms with Crippen LogP contribution in [0.2, 0.25) is 0 Å². The number of quaternary nitrogens is 1. The SMILES string of the molecule is COC(=O)C1=C(C)N(c2cccc(C(F)(F)F)c2)c2n[nH]c(=O)n2C1c1ccc(C#N)cc1C[N+](C)(C)Cc1ccccc1.[Br-]. The normalized spacial score (nSPS) is 14.8. The Morgan fingerprint density at radius 2 is 1.78 bits per heavy atom. The van der Waals surface area contributed by atoms with E-state index in [1.54, 1.807) is 25.1 Å². The van der Waals surface area contributed by atoms with Gasteiger partial charge in [-0.05, 0) is 42.8 Å². The molecule has 0 amide bonds. The van der Waals surface area contributed by atoms with E-state index in [0.29, 0.717) is 34.3 Å². The summed E-state index contributed by atoms with van der Waals surface area (Å²) < 4.78 is 47.8. The monoisotopic (exact) mass is 682 g/mol. The van der Waals surface area contributed by atoms with Crippen LogP contribution in [0.15, 0.2) is 88.9 Å². The molecule has 2 heterocycles. The largest absolute Gasteiger partial charge is 1.00 e. The molecule has 0 saturated carbocycles. The summed E-state index contributed by atoms with van der Waals surface area (Å²) in [5.41, 5.74) is 1.51. The van der Waals surface area contributed by atoms with Gasteiger partial charge >= 0.3 is 17.8 Å². The Morgan fingerprint density at radius 3 is 2.42 bits per heavy atom. The van der Waals surface area contributed by atoms with E-state index in [1.807, 2.05) is 44.4 Å². The standard InChI is InChI=1S/C32H29F3N6O3.BrH/c1-20-27(29(42)44-4)28(40-30(37-38-31(40)43)39(20)25-12-8-11-24(16-25)32(33,34)35)26-14-13-22(17-36)15-23(26)19-41(2,3)18-21-9-6-5-7-10-21;/h5-16,28H,18-19H2,1-4H3;1H. The Hall–Kier alpha value is -4.67. The van der Waals surface area contributed by atoms with E-state index in [2.05, 4.69) is 16.3 Å². The summed E-state index contributed by atoms with van der Waals surface area (Å²) in [6.45, 7) is 2.64. The Kier molecular flexibility index (Phi) is 9.41. The van der Waals surface area contributed by atoms with Crippen LogP contribution in [0.1, 0.15) is 40.8 Å². The van der Waals surface area contributed by atoms with Gasteiger partial charge in [0.15, 0.2) is 0 Å². The molecule has 1 unspecified atom stereocenters. The topological polar surface area (TPSA) is 104 Å². The number of carbonyl (C=O) groups is 1. The average molecular weight is 684 g/mol. The molecule has 0 bridgehead atoms.